The topological polar surface area (TPSA) is 65.1 Å². The highest BCUT2D eigenvalue weighted by Crippen LogP contribution is 2.26. The van der Waals surface area contributed by atoms with Crippen LogP contribution in [0.5, 0.6) is 11.5 Å². The molecule has 0 aliphatic heterocycles. The molecule has 0 saturated carbocycles. The van der Waals surface area contributed by atoms with Crippen LogP contribution in [0.2, 0.25) is 0 Å². The Morgan fingerprint density at radius 2 is 1.54 bits per heavy atom. The van der Waals surface area contributed by atoms with Crippen molar-refractivity contribution in [1.82, 2.24) is 4.90 Å². The number of rotatable bonds is 9. The number of esters is 1. The average molecular weight is 357 g/mol. The molecule has 0 aliphatic carbocycles. The summed E-state index contributed by atoms with van der Waals surface area (Å²) < 4.78 is 15.8. The third-order valence-electron chi connectivity index (χ3n) is 3.62. The second-order valence-corrected chi connectivity index (χ2v) is 5.48. The lowest BCUT2D eigenvalue weighted by atomic mass is 10.2. The molecule has 2 aromatic rings. The van der Waals surface area contributed by atoms with Gasteiger partial charge in [-0.05, 0) is 24.6 Å². The van der Waals surface area contributed by atoms with Gasteiger partial charge in [-0.25, -0.2) is 0 Å². The van der Waals surface area contributed by atoms with Gasteiger partial charge in [0.25, 0.3) is 5.91 Å². The van der Waals surface area contributed by atoms with Crippen LogP contribution in [-0.2, 0) is 20.9 Å². The highest BCUT2D eigenvalue weighted by molar-refractivity contribution is 5.83. The number of methoxy groups -OCH3 is 1. The molecule has 0 spiro atoms. The summed E-state index contributed by atoms with van der Waals surface area (Å²) in [4.78, 5) is 25.7. The van der Waals surface area contributed by atoms with Crippen molar-refractivity contribution in [1.29, 1.82) is 0 Å². The van der Waals surface area contributed by atoms with Gasteiger partial charge in [0, 0.05) is 6.54 Å². The van der Waals surface area contributed by atoms with E-state index < -0.39 is 5.97 Å². The Morgan fingerprint density at radius 3 is 2.15 bits per heavy atom. The summed E-state index contributed by atoms with van der Waals surface area (Å²) in [5.74, 6) is 0.264. The van der Waals surface area contributed by atoms with Crippen LogP contribution in [0.25, 0.3) is 0 Å². The predicted molar refractivity (Wildman–Crippen MR) is 97.0 cm³/mol. The normalized spacial score (nSPS) is 10.1. The van der Waals surface area contributed by atoms with E-state index in [1.165, 1.54) is 12.0 Å². The van der Waals surface area contributed by atoms with E-state index in [1.54, 1.807) is 18.2 Å². The lowest BCUT2D eigenvalue weighted by Crippen LogP contribution is -2.38. The summed E-state index contributed by atoms with van der Waals surface area (Å²) in [7, 11) is 1.29. The first-order valence-corrected chi connectivity index (χ1v) is 8.37. The Balaban J connectivity index is 2.05. The van der Waals surface area contributed by atoms with Gasteiger partial charge < -0.3 is 19.1 Å². The Labute approximate surface area is 153 Å². The van der Waals surface area contributed by atoms with Gasteiger partial charge in [0.05, 0.1) is 13.7 Å². The number of nitrogens with zero attached hydrogens (tertiary/aromatic N) is 1. The smallest absolute Gasteiger partial charge is 0.325 e. The molecule has 0 saturated heterocycles. The molecule has 138 valence electrons. The summed E-state index contributed by atoms with van der Waals surface area (Å²) >= 11 is 0. The molecule has 0 heterocycles. The fourth-order valence-electron chi connectivity index (χ4n) is 2.33. The fourth-order valence-corrected chi connectivity index (χ4v) is 2.33. The van der Waals surface area contributed by atoms with Crippen LogP contribution in [0.15, 0.2) is 54.6 Å². The number of hydrogen-bond acceptors (Lipinski definition) is 5. The highest BCUT2D eigenvalue weighted by atomic mass is 16.5. The van der Waals surface area contributed by atoms with Crippen molar-refractivity contribution in [3.63, 3.8) is 0 Å². The Morgan fingerprint density at radius 1 is 0.923 bits per heavy atom. The largest absolute Gasteiger partial charge is 0.490 e. The monoisotopic (exact) mass is 357 g/mol. The summed E-state index contributed by atoms with van der Waals surface area (Å²) in [6.07, 6.45) is 0. The van der Waals surface area contributed by atoms with Gasteiger partial charge in [-0.15, -0.1) is 0 Å². The Bertz CT molecular complexity index is 717. The standard InChI is InChI=1S/C20H23NO5/c1-3-25-17-11-7-8-12-18(17)26-15-19(22)21(14-20(23)24-2)13-16-9-5-4-6-10-16/h4-12H,3,13-15H2,1-2H3. The molecule has 6 heteroatoms. The van der Waals surface area contributed by atoms with Gasteiger partial charge in [-0.2, -0.15) is 0 Å². The minimum Gasteiger partial charge on any atom is -0.490 e. The maximum absolute atomic E-state index is 12.6. The molecule has 1 amide bonds. The van der Waals surface area contributed by atoms with Crippen molar-refractivity contribution in [3.05, 3.63) is 60.2 Å². The fraction of sp³-hybridized carbons (Fsp3) is 0.300. The number of benzene rings is 2. The zero-order chi connectivity index (χ0) is 18.8. The molecule has 0 fully saturated rings. The average Bonchev–Trinajstić information content (AvgIpc) is 2.67. The number of para-hydroxylation sites is 2. The second kappa shape index (κ2) is 10.1. The molecule has 0 aliphatic rings. The Kier molecular flexibility index (Phi) is 7.49. The summed E-state index contributed by atoms with van der Waals surface area (Å²) in [6, 6.07) is 16.6. The summed E-state index contributed by atoms with van der Waals surface area (Å²) in [5, 5.41) is 0. The van der Waals surface area contributed by atoms with E-state index in [9.17, 15) is 9.59 Å². The molecule has 0 unspecified atom stereocenters. The third kappa shape index (κ3) is 5.81. The lowest BCUT2D eigenvalue weighted by Gasteiger charge is -2.22. The van der Waals surface area contributed by atoms with Gasteiger partial charge in [0.2, 0.25) is 0 Å². The maximum atomic E-state index is 12.6. The molecule has 2 aromatic carbocycles. The molecule has 0 radical (unpaired) electrons. The maximum Gasteiger partial charge on any atom is 0.325 e. The molecule has 0 N–H and O–H groups in total. The molecule has 0 bridgehead atoms. The lowest BCUT2D eigenvalue weighted by molar-refractivity contribution is -0.148. The number of hydrogen-bond donors (Lipinski definition) is 0. The zero-order valence-electron chi connectivity index (χ0n) is 15.0. The first-order valence-electron chi connectivity index (χ1n) is 8.37. The highest BCUT2D eigenvalue weighted by Gasteiger charge is 2.19. The van der Waals surface area contributed by atoms with Gasteiger partial charge in [0.15, 0.2) is 18.1 Å². The number of ether oxygens (including phenoxy) is 3. The Hall–Kier alpha value is -3.02. The molecular formula is C20H23NO5. The van der Waals surface area contributed by atoms with Crippen LogP contribution in [0.4, 0.5) is 0 Å². The van der Waals surface area contributed by atoms with Crippen molar-refractivity contribution in [3.8, 4) is 11.5 Å². The second-order valence-electron chi connectivity index (χ2n) is 5.48. The number of amides is 1. The van der Waals surface area contributed by atoms with Crippen LogP contribution in [0.3, 0.4) is 0 Å². The summed E-state index contributed by atoms with van der Waals surface area (Å²) in [6.45, 7) is 2.33. The molecule has 2 rings (SSSR count). The van der Waals surface area contributed by atoms with Crippen molar-refractivity contribution in [2.75, 3.05) is 26.9 Å². The van der Waals surface area contributed by atoms with E-state index in [0.29, 0.717) is 24.7 Å². The van der Waals surface area contributed by atoms with E-state index in [0.717, 1.165) is 5.56 Å². The van der Waals surface area contributed by atoms with Crippen molar-refractivity contribution in [2.45, 2.75) is 13.5 Å². The first kappa shape index (κ1) is 19.3. The minimum absolute atomic E-state index is 0.138. The van der Waals surface area contributed by atoms with E-state index in [1.807, 2.05) is 43.3 Å². The first-order chi connectivity index (χ1) is 12.6. The van der Waals surface area contributed by atoms with Crippen LogP contribution < -0.4 is 9.47 Å². The van der Waals surface area contributed by atoms with Crippen LogP contribution in [0, 0.1) is 0 Å². The van der Waals surface area contributed by atoms with E-state index >= 15 is 0 Å². The van der Waals surface area contributed by atoms with E-state index in [4.69, 9.17) is 9.47 Å². The SMILES string of the molecule is CCOc1ccccc1OCC(=O)N(CC(=O)OC)Cc1ccccc1. The van der Waals surface area contributed by atoms with Crippen LogP contribution >= 0.6 is 0 Å². The van der Waals surface area contributed by atoms with Gasteiger partial charge in [-0.3, -0.25) is 9.59 Å². The van der Waals surface area contributed by atoms with Crippen LogP contribution in [0.1, 0.15) is 12.5 Å². The molecule has 0 aromatic heterocycles. The van der Waals surface area contributed by atoms with Gasteiger partial charge >= 0.3 is 5.97 Å². The molecular weight excluding hydrogens is 334 g/mol. The molecule has 6 nitrogen and oxygen atoms in total. The van der Waals surface area contributed by atoms with Gasteiger partial charge in [0.1, 0.15) is 6.54 Å². The number of carbonyl (C=O) groups excluding carboxylic acids is 2. The van der Waals surface area contributed by atoms with E-state index in [-0.39, 0.29) is 19.1 Å². The zero-order valence-corrected chi connectivity index (χ0v) is 15.0. The number of carbonyl (C=O) groups is 2. The van der Waals surface area contributed by atoms with Crippen molar-refractivity contribution >= 4 is 11.9 Å². The summed E-state index contributed by atoms with van der Waals surface area (Å²) in [5.41, 5.74) is 0.916. The van der Waals surface area contributed by atoms with Crippen molar-refractivity contribution < 1.29 is 23.8 Å². The predicted octanol–water partition coefficient (Wildman–Crippen LogP) is 2.67. The van der Waals surface area contributed by atoms with Crippen molar-refractivity contribution in [2.24, 2.45) is 0 Å². The minimum atomic E-state index is -0.482. The van der Waals surface area contributed by atoms with E-state index in [2.05, 4.69) is 4.74 Å². The van der Waals surface area contributed by atoms with Gasteiger partial charge in [-0.1, -0.05) is 42.5 Å². The quantitative estimate of drug-likeness (QED) is 0.646. The molecule has 26 heavy (non-hydrogen) atoms. The van der Waals surface area contributed by atoms with Crippen LogP contribution in [-0.4, -0.2) is 43.6 Å². The third-order valence-corrected chi connectivity index (χ3v) is 3.62. The molecule has 0 atom stereocenters.